The van der Waals surface area contributed by atoms with E-state index in [1.807, 2.05) is 30.3 Å². The van der Waals surface area contributed by atoms with Crippen molar-refractivity contribution < 1.29 is 34.4 Å². The number of hydrogen-bond acceptors (Lipinski definition) is 8. The van der Waals surface area contributed by atoms with Gasteiger partial charge in [0.2, 0.25) is 11.8 Å². The van der Waals surface area contributed by atoms with Gasteiger partial charge in [-0.05, 0) is 18.4 Å². The summed E-state index contributed by atoms with van der Waals surface area (Å²) in [6.07, 6.45) is -1.44. The lowest BCUT2D eigenvalue weighted by Gasteiger charge is -2.44. The molecule has 6 atom stereocenters. The van der Waals surface area contributed by atoms with Gasteiger partial charge < -0.3 is 36.0 Å². The number of nitrogens with zero attached hydrogens (tertiary/aromatic N) is 1. The molecule has 3 amide bonds. The maximum Gasteiger partial charge on any atom is 0.252 e. The molecule has 1 aromatic rings. The fraction of sp³-hybridized carbons (Fsp3) is 0.577. The van der Waals surface area contributed by atoms with E-state index in [4.69, 9.17) is 11.2 Å². The number of rotatable bonds is 3. The quantitative estimate of drug-likeness (QED) is 0.253. The van der Waals surface area contributed by atoms with E-state index in [9.17, 15) is 29.7 Å². The summed E-state index contributed by atoms with van der Waals surface area (Å²) in [5.74, 6) is 0.656. The first-order chi connectivity index (χ1) is 17.7. The molecule has 0 aliphatic carbocycles. The van der Waals surface area contributed by atoms with Crippen LogP contribution in [-0.4, -0.2) is 99.7 Å². The van der Waals surface area contributed by atoms with Crippen molar-refractivity contribution in [2.45, 2.75) is 74.3 Å². The van der Waals surface area contributed by atoms with E-state index < -0.39 is 59.8 Å². The second-order valence-electron chi connectivity index (χ2n) is 10.0. The zero-order valence-corrected chi connectivity index (χ0v) is 20.5. The molecule has 1 aromatic carbocycles. The number of nitrogens with one attached hydrogen (secondary N) is 3. The van der Waals surface area contributed by atoms with E-state index in [2.05, 4.69) is 26.8 Å². The van der Waals surface area contributed by atoms with Crippen molar-refractivity contribution in [3.8, 4) is 12.3 Å². The minimum absolute atomic E-state index is 0.0557. The molecule has 1 spiro atoms. The summed E-state index contributed by atoms with van der Waals surface area (Å²) in [4.78, 5) is 41.4. The highest BCUT2D eigenvalue weighted by Crippen LogP contribution is 2.29. The molecule has 0 saturated carbocycles. The molecule has 11 nitrogen and oxygen atoms in total. The van der Waals surface area contributed by atoms with Crippen molar-refractivity contribution in [2.75, 3.05) is 19.6 Å². The van der Waals surface area contributed by atoms with E-state index in [1.54, 1.807) is 0 Å². The summed E-state index contributed by atoms with van der Waals surface area (Å²) in [5.41, 5.74) is 0.176. The van der Waals surface area contributed by atoms with E-state index in [0.717, 1.165) is 12.1 Å². The maximum atomic E-state index is 13.3. The highest BCUT2D eigenvalue weighted by Gasteiger charge is 2.49. The molecule has 3 aliphatic heterocycles. The molecule has 200 valence electrons. The molecule has 4 rings (SSSR count). The van der Waals surface area contributed by atoms with E-state index >= 15 is 0 Å². The van der Waals surface area contributed by atoms with Crippen molar-refractivity contribution in [2.24, 2.45) is 0 Å². The van der Waals surface area contributed by atoms with Crippen molar-refractivity contribution in [3.63, 3.8) is 0 Å². The van der Waals surface area contributed by atoms with Crippen LogP contribution in [0.3, 0.4) is 0 Å². The number of benzene rings is 1. The van der Waals surface area contributed by atoms with Gasteiger partial charge in [0.05, 0.1) is 5.54 Å². The van der Waals surface area contributed by atoms with Crippen molar-refractivity contribution in [1.29, 1.82) is 0 Å². The van der Waals surface area contributed by atoms with Gasteiger partial charge in [-0.15, -0.1) is 12.3 Å². The Morgan fingerprint density at radius 3 is 2.41 bits per heavy atom. The molecule has 6 N–H and O–H groups in total. The topological polar surface area (TPSA) is 160 Å². The summed E-state index contributed by atoms with van der Waals surface area (Å²) in [6, 6.07) is 8.94. The molecule has 37 heavy (non-hydrogen) atoms. The second-order valence-corrected chi connectivity index (χ2v) is 10.0. The van der Waals surface area contributed by atoms with E-state index in [-0.39, 0.29) is 19.4 Å². The third-order valence-corrected chi connectivity index (χ3v) is 7.37. The van der Waals surface area contributed by atoms with Gasteiger partial charge >= 0.3 is 0 Å². The normalized spacial score (nSPS) is 33.1. The summed E-state index contributed by atoms with van der Waals surface area (Å²) in [7, 11) is 0. The maximum absolute atomic E-state index is 13.3. The Bertz CT molecular complexity index is 1020. The van der Waals surface area contributed by atoms with Gasteiger partial charge in [-0.1, -0.05) is 30.3 Å². The number of terminal acetylenes is 1. The highest BCUT2D eigenvalue weighted by atomic mass is 16.5. The fourth-order valence-corrected chi connectivity index (χ4v) is 5.20. The Labute approximate surface area is 215 Å². The molecule has 2 bridgehead atoms. The Morgan fingerprint density at radius 1 is 1.03 bits per heavy atom. The number of aliphatic hydroxyl groups is 3. The second kappa shape index (κ2) is 11.6. The van der Waals surface area contributed by atoms with Crippen LogP contribution in [0.2, 0.25) is 0 Å². The third kappa shape index (κ3) is 6.29. The van der Waals surface area contributed by atoms with Crippen LogP contribution in [0.1, 0.15) is 31.2 Å². The van der Waals surface area contributed by atoms with Gasteiger partial charge in [-0.3, -0.25) is 19.3 Å². The predicted molar refractivity (Wildman–Crippen MR) is 132 cm³/mol. The number of likely N-dealkylation sites (tertiary alicyclic amines) is 1. The number of carbonyl (C=O) groups excluding carboxylic acids is 3. The Morgan fingerprint density at radius 2 is 1.73 bits per heavy atom. The van der Waals surface area contributed by atoms with Gasteiger partial charge in [-0.2, -0.15) is 0 Å². The third-order valence-electron chi connectivity index (χ3n) is 7.37. The zero-order chi connectivity index (χ0) is 26.6. The van der Waals surface area contributed by atoms with Crippen LogP contribution in [0, 0.1) is 12.3 Å². The summed E-state index contributed by atoms with van der Waals surface area (Å²) >= 11 is 0. The monoisotopic (exact) mass is 514 g/mol. The lowest BCUT2D eigenvalue weighted by molar-refractivity contribution is -0.220. The van der Waals surface area contributed by atoms with Gasteiger partial charge in [-0.25, -0.2) is 0 Å². The first kappa shape index (κ1) is 27.0. The van der Waals surface area contributed by atoms with Crippen LogP contribution in [0.15, 0.2) is 30.3 Å². The van der Waals surface area contributed by atoms with Gasteiger partial charge in [0.25, 0.3) is 5.91 Å². The summed E-state index contributed by atoms with van der Waals surface area (Å²) in [6.45, 7) is 1.64. The number of piperidine rings is 1. The Balaban J connectivity index is 1.57. The van der Waals surface area contributed by atoms with E-state index in [0.29, 0.717) is 25.9 Å². The molecule has 3 fully saturated rings. The number of aliphatic hydroxyl groups excluding tert-OH is 3. The molecular weight excluding hydrogens is 480 g/mol. The minimum Gasteiger partial charge on any atom is -0.388 e. The highest BCUT2D eigenvalue weighted by molar-refractivity contribution is 5.89. The molecule has 3 heterocycles. The van der Waals surface area contributed by atoms with Crippen molar-refractivity contribution >= 4 is 17.7 Å². The first-order valence-corrected chi connectivity index (χ1v) is 12.5. The predicted octanol–water partition coefficient (Wildman–Crippen LogP) is -1.98. The molecule has 11 heteroatoms. The number of ether oxygens (including phenoxy) is 1. The summed E-state index contributed by atoms with van der Waals surface area (Å²) in [5, 5.41) is 39.4. The standard InChI is InChI=1S/C26H34N4O7/c1-2-6-17-24(35)27-14-18-20(32)21(33)22(34)23(37-18)25(36)29-26(13-19(31)28-17)9-11-30(12-10-26)15-16-7-4-3-5-8-16/h1,3-5,7-8,17-18,20-23,32-34H,6,9-15H2,(H,27,35)(H,28,31)(H,29,36)/t17-,18+,20+,21-,22-,23+/m1/s1. The van der Waals surface area contributed by atoms with Gasteiger partial charge in [0, 0.05) is 39.0 Å². The fourth-order valence-electron chi connectivity index (χ4n) is 5.20. The number of amides is 3. The number of fused-ring (bicyclic) bond motifs is 2. The summed E-state index contributed by atoms with van der Waals surface area (Å²) < 4.78 is 5.67. The largest absolute Gasteiger partial charge is 0.388 e. The SMILES string of the molecule is C#CC[C@H]1NC(=O)CC2(CCN(Cc3ccccc3)CC2)NC(=O)[C@H]2O[C@@H](CNC1=O)[C@H](O)[C@@H](O)[C@H]2O. The molecule has 3 saturated heterocycles. The van der Waals surface area contributed by atoms with Crippen molar-refractivity contribution in [1.82, 2.24) is 20.9 Å². The lowest BCUT2D eigenvalue weighted by atomic mass is 9.83. The van der Waals surface area contributed by atoms with Crippen LogP contribution in [0.4, 0.5) is 0 Å². The molecule has 0 radical (unpaired) electrons. The minimum atomic E-state index is -1.69. The molecule has 3 aliphatic rings. The smallest absolute Gasteiger partial charge is 0.252 e. The average molecular weight is 515 g/mol. The Hall–Kier alpha value is -3.01. The van der Waals surface area contributed by atoms with Crippen LogP contribution in [0.25, 0.3) is 0 Å². The van der Waals surface area contributed by atoms with Crippen LogP contribution in [0.5, 0.6) is 0 Å². The molecule has 0 aromatic heterocycles. The van der Waals surface area contributed by atoms with E-state index in [1.165, 1.54) is 0 Å². The molecule has 0 unspecified atom stereocenters. The Kier molecular flexibility index (Phi) is 8.46. The van der Waals surface area contributed by atoms with Gasteiger partial charge in [0.15, 0.2) is 6.10 Å². The van der Waals surface area contributed by atoms with Crippen LogP contribution < -0.4 is 16.0 Å². The average Bonchev–Trinajstić information content (AvgIpc) is 2.88. The van der Waals surface area contributed by atoms with Crippen LogP contribution in [-0.2, 0) is 25.7 Å². The van der Waals surface area contributed by atoms with Crippen molar-refractivity contribution in [3.05, 3.63) is 35.9 Å². The lowest BCUT2D eigenvalue weighted by Crippen LogP contribution is -2.66. The first-order valence-electron chi connectivity index (χ1n) is 12.5. The van der Waals surface area contributed by atoms with Gasteiger partial charge in [0.1, 0.15) is 30.5 Å². The zero-order valence-electron chi connectivity index (χ0n) is 20.5. The number of carbonyl (C=O) groups is 3. The van der Waals surface area contributed by atoms with Crippen LogP contribution >= 0.6 is 0 Å². The number of hydrogen-bond donors (Lipinski definition) is 6. The molecular formula is C26H34N4O7.